The van der Waals surface area contributed by atoms with Gasteiger partial charge in [0.05, 0.1) is 7.11 Å². The van der Waals surface area contributed by atoms with E-state index < -0.39 is 0 Å². The van der Waals surface area contributed by atoms with Crippen LogP contribution in [0.2, 0.25) is 0 Å². The summed E-state index contributed by atoms with van der Waals surface area (Å²) in [7, 11) is 1.70. The highest BCUT2D eigenvalue weighted by Crippen LogP contribution is 2.21. The van der Waals surface area contributed by atoms with Gasteiger partial charge in [-0.25, -0.2) is 0 Å². The first-order valence-corrected chi connectivity index (χ1v) is 7.00. The highest BCUT2D eigenvalue weighted by Gasteiger charge is 2.16. The minimum atomic E-state index is 0.299. The number of halogens is 1. The molecule has 0 aliphatic carbocycles. The Balaban J connectivity index is 2.36. The number of rotatable bonds is 8. The number of ether oxygens (including phenoxy) is 1. The van der Waals surface area contributed by atoms with Crippen molar-refractivity contribution < 1.29 is 4.74 Å². The minimum Gasteiger partial charge on any atom is -0.497 e. The third-order valence-corrected chi connectivity index (χ3v) is 3.32. The highest BCUT2D eigenvalue weighted by molar-refractivity contribution is 6.17. The molecule has 1 N–H and O–H groups in total. The maximum Gasteiger partial charge on any atom is 0.119 e. The molecule has 1 aromatic rings. The molecule has 0 aromatic heterocycles. The summed E-state index contributed by atoms with van der Waals surface area (Å²) < 4.78 is 5.21. The van der Waals surface area contributed by atoms with Crippen molar-refractivity contribution in [1.29, 1.82) is 0 Å². The lowest BCUT2D eigenvalue weighted by atomic mass is 9.88. The Morgan fingerprint density at radius 1 is 1.33 bits per heavy atom. The van der Waals surface area contributed by atoms with Crippen molar-refractivity contribution in [2.45, 2.75) is 33.2 Å². The molecule has 0 unspecified atom stereocenters. The van der Waals surface area contributed by atoms with Crippen LogP contribution in [0.4, 0.5) is 0 Å². The maximum atomic E-state index is 5.74. The van der Waals surface area contributed by atoms with Crippen LogP contribution < -0.4 is 10.1 Å². The fourth-order valence-corrected chi connectivity index (χ4v) is 2.10. The van der Waals surface area contributed by atoms with E-state index in [-0.39, 0.29) is 0 Å². The van der Waals surface area contributed by atoms with E-state index in [2.05, 4.69) is 31.3 Å². The van der Waals surface area contributed by atoms with E-state index >= 15 is 0 Å². The zero-order valence-electron chi connectivity index (χ0n) is 11.6. The Kier molecular flexibility index (Phi) is 6.51. The predicted octanol–water partition coefficient (Wildman–Crippen LogP) is 3.83. The lowest BCUT2D eigenvalue weighted by Crippen LogP contribution is -2.29. The molecule has 3 heteroatoms. The SMILES string of the molecule is COc1cccc(CNCC(C)(C)CCCCl)c1. The van der Waals surface area contributed by atoms with Gasteiger partial charge in [-0.15, -0.1) is 11.6 Å². The standard InChI is InChI=1S/C15H24ClNO/c1-15(2,8-5-9-16)12-17-11-13-6-4-7-14(10-13)18-3/h4,6-7,10,17H,5,8-9,11-12H2,1-3H3. The Morgan fingerprint density at radius 2 is 2.11 bits per heavy atom. The molecule has 1 rings (SSSR count). The molecule has 0 fully saturated rings. The summed E-state index contributed by atoms with van der Waals surface area (Å²) in [6, 6.07) is 8.17. The van der Waals surface area contributed by atoms with E-state index in [1.54, 1.807) is 7.11 Å². The van der Waals surface area contributed by atoms with Gasteiger partial charge in [0.1, 0.15) is 5.75 Å². The second-order valence-corrected chi connectivity index (χ2v) is 5.79. The number of benzene rings is 1. The number of alkyl halides is 1. The fourth-order valence-electron chi connectivity index (χ4n) is 1.96. The summed E-state index contributed by atoms with van der Waals surface area (Å²) >= 11 is 5.74. The van der Waals surface area contributed by atoms with Crippen molar-refractivity contribution >= 4 is 11.6 Å². The van der Waals surface area contributed by atoms with Crippen LogP contribution in [0.25, 0.3) is 0 Å². The van der Waals surface area contributed by atoms with Crippen molar-refractivity contribution in [3.05, 3.63) is 29.8 Å². The maximum absolute atomic E-state index is 5.74. The molecule has 0 spiro atoms. The summed E-state index contributed by atoms with van der Waals surface area (Å²) in [6.07, 6.45) is 2.23. The lowest BCUT2D eigenvalue weighted by Gasteiger charge is -2.24. The predicted molar refractivity (Wildman–Crippen MR) is 78.4 cm³/mol. The summed E-state index contributed by atoms with van der Waals surface area (Å²) in [6.45, 7) is 6.43. The van der Waals surface area contributed by atoms with Gasteiger partial charge in [-0.3, -0.25) is 0 Å². The monoisotopic (exact) mass is 269 g/mol. The van der Waals surface area contributed by atoms with Gasteiger partial charge in [-0.05, 0) is 36.0 Å². The Labute approximate surface area is 116 Å². The fraction of sp³-hybridized carbons (Fsp3) is 0.600. The van der Waals surface area contributed by atoms with E-state index in [9.17, 15) is 0 Å². The molecule has 0 radical (unpaired) electrons. The van der Waals surface area contributed by atoms with Crippen LogP contribution in [-0.2, 0) is 6.54 Å². The largest absolute Gasteiger partial charge is 0.497 e. The zero-order chi connectivity index (χ0) is 13.4. The summed E-state index contributed by atoms with van der Waals surface area (Å²) in [5.74, 6) is 1.66. The molecule has 102 valence electrons. The Bertz CT molecular complexity index is 352. The van der Waals surface area contributed by atoms with Crippen LogP contribution in [0.15, 0.2) is 24.3 Å². The normalized spacial score (nSPS) is 11.6. The van der Waals surface area contributed by atoms with Gasteiger partial charge in [0.2, 0.25) is 0 Å². The Hall–Kier alpha value is -0.730. The summed E-state index contributed by atoms with van der Waals surface area (Å²) in [4.78, 5) is 0. The average molecular weight is 270 g/mol. The van der Waals surface area contributed by atoms with Gasteiger partial charge in [-0.1, -0.05) is 26.0 Å². The quantitative estimate of drug-likeness (QED) is 0.724. The van der Waals surface area contributed by atoms with E-state index in [0.717, 1.165) is 37.6 Å². The first-order valence-electron chi connectivity index (χ1n) is 6.47. The van der Waals surface area contributed by atoms with Crippen molar-refractivity contribution in [3.8, 4) is 5.75 Å². The summed E-state index contributed by atoms with van der Waals surface area (Å²) in [5.41, 5.74) is 1.55. The molecule has 0 aliphatic rings. The van der Waals surface area contributed by atoms with Gasteiger partial charge in [-0.2, -0.15) is 0 Å². The van der Waals surface area contributed by atoms with Gasteiger partial charge < -0.3 is 10.1 Å². The second-order valence-electron chi connectivity index (χ2n) is 5.41. The van der Waals surface area contributed by atoms with Gasteiger partial charge in [0.25, 0.3) is 0 Å². The smallest absolute Gasteiger partial charge is 0.119 e. The van der Waals surface area contributed by atoms with Crippen LogP contribution in [0.5, 0.6) is 5.75 Å². The van der Waals surface area contributed by atoms with Gasteiger partial charge >= 0.3 is 0 Å². The third kappa shape index (κ3) is 5.74. The molecule has 0 bridgehead atoms. The van der Waals surface area contributed by atoms with Crippen LogP contribution >= 0.6 is 11.6 Å². The molecule has 0 aliphatic heterocycles. The third-order valence-electron chi connectivity index (χ3n) is 3.05. The lowest BCUT2D eigenvalue weighted by molar-refractivity contribution is 0.311. The Morgan fingerprint density at radius 3 is 2.78 bits per heavy atom. The zero-order valence-corrected chi connectivity index (χ0v) is 12.4. The van der Waals surface area contributed by atoms with Crippen LogP contribution in [-0.4, -0.2) is 19.5 Å². The van der Waals surface area contributed by atoms with Crippen molar-refractivity contribution in [1.82, 2.24) is 5.32 Å². The van der Waals surface area contributed by atoms with Gasteiger partial charge in [0.15, 0.2) is 0 Å². The molecule has 0 saturated carbocycles. The van der Waals surface area contributed by atoms with Crippen LogP contribution in [0, 0.1) is 5.41 Å². The molecule has 0 amide bonds. The molecule has 0 saturated heterocycles. The van der Waals surface area contributed by atoms with Crippen LogP contribution in [0.3, 0.4) is 0 Å². The number of hydrogen-bond donors (Lipinski definition) is 1. The molecular weight excluding hydrogens is 246 g/mol. The minimum absolute atomic E-state index is 0.299. The molecule has 0 heterocycles. The number of hydrogen-bond acceptors (Lipinski definition) is 2. The molecule has 1 aromatic carbocycles. The van der Waals surface area contributed by atoms with E-state index in [0.29, 0.717) is 5.41 Å². The van der Waals surface area contributed by atoms with Crippen molar-refractivity contribution in [2.24, 2.45) is 5.41 Å². The topological polar surface area (TPSA) is 21.3 Å². The van der Waals surface area contributed by atoms with E-state index in [4.69, 9.17) is 16.3 Å². The van der Waals surface area contributed by atoms with E-state index in [1.165, 1.54) is 5.56 Å². The van der Waals surface area contributed by atoms with Crippen LogP contribution in [0.1, 0.15) is 32.3 Å². The second kappa shape index (κ2) is 7.65. The first kappa shape index (κ1) is 15.3. The number of methoxy groups -OCH3 is 1. The van der Waals surface area contributed by atoms with Crippen molar-refractivity contribution in [2.75, 3.05) is 19.5 Å². The van der Waals surface area contributed by atoms with E-state index in [1.807, 2.05) is 12.1 Å². The molecule has 0 atom stereocenters. The summed E-state index contributed by atoms with van der Waals surface area (Å²) in [5, 5.41) is 3.50. The highest BCUT2D eigenvalue weighted by atomic mass is 35.5. The number of nitrogens with one attached hydrogen (secondary N) is 1. The molecule has 18 heavy (non-hydrogen) atoms. The van der Waals surface area contributed by atoms with Crippen molar-refractivity contribution in [3.63, 3.8) is 0 Å². The molecular formula is C15H24ClNO. The first-order chi connectivity index (χ1) is 8.57. The average Bonchev–Trinajstić information content (AvgIpc) is 2.36. The molecule has 2 nitrogen and oxygen atoms in total. The van der Waals surface area contributed by atoms with Gasteiger partial charge in [0, 0.05) is 19.0 Å².